The highest BCUT2D eigenvalue weighted by atomic mass is 35.5. The zero-order valence-corrected chi connectivity index (χ0v) is 15.5. The van der Waals surface area contributed by atoms with Gasteiger partial charge in [-0.2, -0.15) is 0 Å². The first-order valence-corrected chi connectivity index (χ1v) is 9.74. The maximum absolute atomic E-state index is 6.59. The molecule has 6 aromatic rings. The lowest BCUT2D eigenvalue weighted by Crippen LogP contribution is -1.90. The van der Waals surface area contributed by atoms with Crippen molar-refractivity contribution in [2.24, 2.45) is 0 Å². The molecule has 0 aliphatic heterocycles. The molecule has 0 saturated carbocycles. The van der Waals surface area contributed by atoms with Gasteiger partial charge >= 0.3 is 0 Å². The molecule has 0 radical (unpaired) electrons. The number of halogens is 1. The molecule has 0 unspecified atom stereocenters. The third kappa shape index (κ3) is 2.14. The molecular weight excluding hydrogens is 376 g/mol. The SMILES string of the molecule is Clc1nc(-c2cccc3c2oc2ccccc23)nc2sc3ccccc3c12. The second-order valence-electron chi connectivity index (χ2n) is 6.40. The molecule has 0 aliphatic rings. The summed E-state index contributed by atoms with van der Waals surface area (Å²) >= 11 is 8.22. The van der Waals surface area contributed by atoms with Crippen molar-refractivity contribution in [1.82, 2.24) is 9.97 Å². The Labute approximate surface area is 162 Å². The zero-order chi connectivity index (χ0) is 18.0. The molecule has 5 heteroatoms. The predicted octanol–water partition coefficient (Wildman–Crippen LogP) is 7.06. The fourth-order valence-electron chi connectivity index (χ4n) is 3.62. The lowest BCUT2D eigenvalue weighted by Gasteiger charge is -2.03. The van der Waals surface area contributed by atoms with Crippen molar-refractivity contribution in [3.63, 3.8) is 0 Å². The molecule has 0 spiro atoms. The van der Waals surface area contributed by atoms with Crippen molar-refractivity contribution in [3.05, 3.63) is 71.9 Å². The van der Waals surface area contributed by atoms with Crippen molar-refractivity contribution in [3.8, 4) is 11.4 Å². The number of para-hydroxylation sites is 2. The number of thiophene rings is 1. The van der Waals surface area contributed by atoms with Crippen LogP contribution < -0.4 is 0 Å². The van der Waals surface area contributed by atoms with Gasteiger partial charge in [0.05, 0.1) is 10.9 Å². The van der Waals surface area contributed by atoms with Gasteiger partial charge in [-0.05, 0) is 18.2 Å². The minimum absolute atomic E-state index is 0.473. The van der Waals surface area contributed by atoms with Gasteiger partial charge in [0, 0.05) is 20.9 Å². The summed E-state index contributed by atoms with van der Waals surface area (Å²) < 4.78 is 7.28. The van der Waals surface area contributed by atoms with Crippen LogP contribution in [0, 0.1) is 0 Å². The Bertz CT molecular complexity index is 1500. The highest BCUT2D eigenvalue weighted by molar-refractivity contribution is 7.25. The van der Waals surface area contributed by atoms with Gasteiger partial charge in [-0.25, -0.2) is 9.97 Å². The van der Waals surface area contributed by atoms with Crippen molar-refractivity contribution in [2.45, 2.75) is 0 Å². The van der Waals surface area contributed by atoms with E-state index in [1.54, 1.807) is 11.3 Å². The quantitative estimate of drug-likeness (QED) is 0.284. The molecule has 0 saturated heterocycles. The van der Waals surface area contributed by atoms with Crippen LogP contribution in [0.15, 0.2) is 71.1 Å². The van der Waals surface area contributed by atoms with Gasteiger partial charge in [-0.15, -0.1) is 11.3 Å². The number of rotatable bonds is 1. The van der Waals surface area contributed by atoms with Crippen LogP contribution in [0.1, 0.15) is 0 Å². The Morgan fingerprint density at radius 3 is 2.48 bits per heavy atom. The number of hydrogen-bond acceptors (Lipinski definition) is 4. The number of aromatic nitrogens is 2. The summed E-state index contributed by atoms with van der Waals surface area (Å²) in [4.78, 5) is 10.3. The van der Waals surface area contributed by atoms with E-state index in [0.29, 0.717) is 11.0 Å². The maximum atomic E-state index is 6.59. The minimum atomic E-state index is 0.473. The Morgan fingerprint density at radius 1 is 0.778 bits per heavy atom. The van der Waals surface area contributed by atoms with Crippen LogP contribution in [0.2, 0.25) is 5.15 Å². The van der Waals surface area contributed by atoms with Crippen molar-refractivity contribution in [2.75, 3.05) is 0 Å². The van der Waals surface area contributed by atoms with Gasteiger partial charge in [-0.3, -0.25) is 0 Å². The first-order valence-electron chi connectivity index (χ1n) is 8.55. The van der Waals surface area contributed by atoms with Crippen LogP contribution >= 0.6 is 22.9 Å². The molecule has 0 amide bonds. The highest BCUT2D eigenvalue weighted by Gasteiger charge is 2.17. The number of furan rings is 1. The molecule has 3 aromatic carbocycles. The van der Waals surface area contributed by atoms with Crippen LogP contribution in [0.3, 0.4) is 0 Å². The monoisotopic (exact) mass is 386 g/mol. The Balaban J connectivity index is 1.69. The molecule has 0 N–H and O–H groups in total. The summed E-state index contributed by atoms with van der Waals surface area (Å²) in [6.45, 7) is 0. The molecule has 0 bridgehead atoms. The van der Waals surface area contributed by atoms with Crippen LogP contribution in [0.25, 0.3) is 53.6 Å². The first-order chi connectivity index (χ1) is 13.3. The molecule has 3 heterocycles. The molecule has 27 heavy (non-hydrogen) atoms. The largest absolute Gasteiger partial charge is 0.455 e. The zero-order valence-electron chi connectivity index (χ0n) is 13.9. The van der Waals surface area contributed by atoms with E-state index in [2.05, 4.69) is 29.2 Å². The first kappa shape index (κ1) is 15.1. The van der Waals surface area contributed by atoms with Crippen LogP contribution in [0.5, 0.6) is 0 Å². The molecule has 128 valence electrons. The summed E-state index contributed by atoms with van der Waals surface area (Å²) in [5, 5.41) is 4.62. The van der Waals surface area contributed by atoms with E-state index in [9.17, 15) is 0 Å². The fraction of sp³-hybridized carbons (Fsp3) is 0. The molecule has 3 nitrogen and oxygen atoms in total. The average molecular weight is 387 g/mol. The van der Waals surface area contributed by atoms with E-state index in [4.69, 9.17) is 21.0 Å². The summed E-state index contributed by atoms with van der Waals surface area (Å²) in [6.07, 6.45) is 0. The third-order valence-electron chi connectivity index (χ3n) is 4.84. The molecule has 3 aromatic heterocycles. The smallest absolute Gasteiger partial charge is 0.166 e. The van der Waals surface area contributed by atoms with E-state index in [1.807, 2.05) is 42.5 Å². The van der Waals surface area contributed by atoms with Gasteiger partial charge in [0.15, 0.2) is 5.82 Å². The lowest BCUT2D eigenvalue weighted by molar-refractivity contribution is 0.669. The second-order valence-corrected chi connectivity index (χ2v) is 7.79. The standard InChI is InChI=1S/C22H11ClN2OS/c23-20-18-14-7-2-4-11-17(14)27-22(18)25-21(24-20)15-9-5-8-13-12-6-1-3-10-16(12)26-19(13)15/h1-11H. The van der Waals surface area contributed by atoms with Crippen molar-refractivity contribution >= 4 is 65.2 Å². The Kier molecular flexibility index (Phi) is 3.10. The molecular formula is C22H11ClN2OS. The normalized spacial score (nSPS) is 11.9. The summed E-state index contributed by atoms with van der Waals surface area (Å²) in [5.74, 6) is 0.587. The van der Waals surface area contributed by atoms with Crippen LogP contribution in [-0.4, -0.2) is 9.97 Å². The Morgan fingerprint density at radius 2 is 1.56 bits per heavy atom. The third-order valence-corrected chi connectivity index (χ3v) is 6.18. The molecule has 0 fully saturated rings. The van der Waals surface area contributed by atoms with Crippen molar-refractivity contribution in [1.29, 1.82) is 0 Å². The van der Waals surface area contributed by atoms with Gasteiger partial charge in [-0.1, -0.05) is 60.1 Å². The topological polar surface area (TPSA) is 38.9 Å². The van der Waals surface area contributed by atoms with E-state index in [1.165, 1.54) is 0 Å². The molecule has 0 atom stereocenters. The summed E-state index contributed by atoms with van der Waals surface area (Å²) in [5.41, 5.74) is 2.49. The lowest BCUT2D eigenvalue weighted by atomic mass is 10.1. The van der Waals surface area contributed by atoms with Crippen molar-refractivity contribution < 1.29 is 4.42 Å². The Hall–Kier alpha value is -2.95. The van der Waals surface area contributed by atoms with E-state index < -0.39 is 0 Å². The summed E-state index contributed by atoms with van der Waals surface area (Å²) in [6, 6.07) is 22.2. The van der Waals surface area contributed by atoms with Gasteiger partial charge in [0.1, 0.15) is 21.1 Å². The summed E-state index contributed by atoms with van der Waals surface area (Å²) in [7, 11) is 0. The fourth-order valence-corrected chi connectivity index (χ4v) is 5.03. The van der Waals surface area contributed by atoms with Gasteiger partial charge < -0.3 is 4.42 Å². The highest BCUT2D eigenvalue weighted by Crippen LogP contribution is 2.39. The number of nitrogens with zero attached hydrogens (tertiary/aromatic N) is 2. The molecule has 0 aliphatic carbocycles. The second kappa shape index (κ2) is 5.52. The predicted molar refractivity (Wildman–Crippen MR) is 113 cm³/mol. The number of fused-ring (bicyclic) bond motifs is 6. The maximum Gasteiger partial charge on any atom is 0.166 e. The van der Waals surface area contributed by atoms with Crippen LogP contribution in [-0.2, 0) is 0 Å². The van der Waals surface area contributed by atoms with E-state index >= 15 is 0 Å². The van der Waals surface area contributed by atoms with Gasteiger partial charge in [0.2, 0.25) is 0 Å². The van der Waals surface area contributed by atoms with Crippen LogP contribution in [0.4, 0.5) is 0 Å². The van der Waals surface area contributed by atoms with Gasteiger partial charge in [0.25, 0.3) is 0 Å². The average Bonchev–Trinajstić information content (AvgIpc) is 3.26. The molecule has 6 rings (SSSR count). The number of hydrogen-bond donors (Lipinski definition) is 0. The van der Waals surface area contributed by atoms with E-state index in [0.717, 1.165) is 47.8 Å². The number of benzene rings is 3. The van der Waals surface area contributed by atoms with E-state index in [-0.39, 0.29) is 0 Å². The minimum Gasteiger partial charge on any atom is -0.455 e.